The van der Waals surface area contributed by atoms with Gasteiger partial charge in [0.15, 0.2) is 0 Å². The molecule has 7 nitrogen and oxygen atoms in total. The fraction of sp³-hybridized carbons (Fsp3) is 0.455. The Morgan fingerprint density at radius 2 is 2.05 bits per heavy atom. The summed E-state index contributed by atoms with van der Waals surface area (Å²) in [5.74, 6) is -0.538. The Kier molecular flexibility index (Phi) is 5.25. The first-order valence-electron chi connectivity index (χ1n) is 5.74. The zero-order valence-electron chi connectivity index (χ0n) is 10.5. The molecule has 106 valence electrons. The van der Waals surface area contributed by atoms with Crippen LogP contribution in [-0.4, -0.2) is 36.9 Å². The number of aromatic hydroxyl groups is 1. The maximum atomic E-state index is 10.6. The van der Waals surface area contributed by atoms with Crippen LogP contribution in [0.2, 0.25) is 0 Å². The van der Waals surface area contributed by atoms with Gasteiger partial charge in [-0.2, -0.15) is 8.42 Å². The van der Waals surface area contributed by atoms with Crippen molar-refractivity contribution in [1.29, 1.82) is 0 Å². The summed E-state index contributed by atoms with van der Waals surface area (Å²) in [6.07, 6.45) is 0.265. The highest BCUT2D eigenvalue weighted by Gasteiger charge is 2.10. The molecule has 2 N–H and O–H groups in total. The molecule has 0 aromatic heterocycles. The van der Waals surface area contributed by atoms with E-state index in [1.165, 1.54) is 12.1 Å². The van der Waals surface area contributed by atoms with Crippen LogP contribution in [0.3, 0.4) is 0 Å². The van der Waals surface area contributed by atoms with Crippen molar-refractivity contribution in [1.82, 2.24) is 0 Å². The van der Waals surface area contributed by atoms with Crippen molar-refractivity contribution in [2.75, 3.05) is 23.7 Å². The number of anilines is 1. The van der Waals surface area contributed by atoms with Crippen molar-refractivity contribution in [2.24, 2.45) is 5.18 Å². The zero-order chi connectivity index (χ0) is 14.5. The molecule has 1 rings (SSSR count). The molecule has 0 saturated heterocycles. The van der Waals surface area contributed by atoms with E-state index in [0.29, 0.717) is 18.8 Å². The van der Waals surface area contributed by atoms with Crippen molar-refractivity contribution < 1.29 is 18.1 Å². The maximum Gasteiger partial charge on any atom is 0.264 e. The zero-order valence-corrected chi connectivity index (χ0v) is 11.3. The average molecular weight is 288 g/mol. The van der Waals surface area contributed by atoms with Gasteiger partial charge >= 0.3 is 0 Å². The van der Waals surface area contributed by atoms with Crippen LogP contribution in [0.1, 0.15) is 13.3 Å². The number of benzene rings is 1. The highest BCUT2D eigenvalue weighted by molar-refractivity contribution is 7.85. The molecule has 8 heteroatoms. The quantitative estimate of drug-likeness (QED) is 0.586. The van der Waals surface area contributed by atoms with Crippen molar-refractivity contribution in [3.05, 3.63) is 23.1 Å². The molecule has 0 fully saturated rings. The van der Waals surface area contributed by atoms with Crippen LogP contribution in [0.25, 0.3) is 0 Å². The Labute approximate surface area is 111 Å². The SMILES string of the molecule is CCN(CCCS(=O)(=O)O)c1ccc(N=O)c(O)c1. The third-order valence-corrected chi connectivity index (χ3v) is 3.44. The molecule has 0 atom stereocenters. The predicted octanol–water partition coefficient (Wildman–Crippen LogP) is 1.89. The molecule has 0 amide bonds. The van der Waals surface area contributed by atoms with Gasteiger partial charge in [-0.3, -0.25) is 4.55 Å². The van der Waals surface area contributed by atoms with Crippen molar-refractivity contribution in [3.63, 3.8) is 0 Å². The predicted molar refractivity (Wildman–Crippen MR) is 72.5 cm³/mol. The van der Waals surface area contributed by atoms with Crippen molar-refractivity contribution in [2.45, 2.75) is 13.3 Å². The fourth-order valence-electron chi connectivity index (χ4n) is 1.69. The first-order chi connectivity index (χ1) is 8.87. The normalized spacial score (nSPS) is 11.3. The molecule has 19 heavy (non-hydrogen) atoms. The van der Waals surface area contributed by atoms with E-state index in [2.05, 4.69) is 5.18 Å². The standard InChI is InChI=1S/C11H16N2O5S/c1-2-13(6-3-7-19(16,17)18)9-4-5-10(12-15)11(14)8-9/h4-5,8,14H,2-3,6-7H2,1H3,(H,16,17,18). The van der Waals surface area contributed by atoms with Gasteiger partial charge in [0.05, 0.1) is 5.75 Å². The Morgan fingerprint density at radius 3 is 2.53 bits per heavy atom. The number of hydrogen-bond donors (Lipinski definition) is 2. The van der Waals surface area contributed by atoms with E-state index >= 15 is 0 Å². The lowest BCUT2D eigenvalue weighted by Gasteiger charge is -2.23. The summed E-state index contributed by atoms with van der Waals surface area (Å²) < 4.78 is 29.9. The third-order valence-electron chi connectivity index (χ3n) is 2.63. The summed E-state index contributed by atoms with van der Waals surface area (Å²) in [6, 6.07) is 4.41. The first kappa shape index (κ1) is 15.4. The fourth-order valence-corrected chi connectivity index (χ4v) is 2.19. The summed E-state index contributed by atoms with van der Waals surface area (Å²) in [5, 5.41) is 12.2. The van der Waals surface area contributed by atoms with Gasteiger partial charge in [-0.15, -0.1) is 4.91 Å². The van der Waals surface area contributed by atoms with E-state index in [1.807, 2.05) is 11.8 Å². The van der Waals surface area contributed by atoms with Crippen molar-refractivity contribution >= 4 is 21.5 Å². The molecule has 0 saturated carbocycles. The lowest BCUT2D eigenvalue weighted by Crippen LogP contribution is -2.25. The Morgan fingerprint density at radius 1 is 1.37 bits per heavy atom. The Balaban J connectivity index is 2.74. The second-order valence-corrected chi connectivity index (χ2v) is 5.56. The number of phenolic OH excluding ortho intramolecular Hbond substituents is 1. The second-order valence-electron chi connectivity index (χ2n) is 3.98. The van der Waals surface area contributed by atoms with E-state index < -0.39 is 10.1 Å². The van der Waals surface area contributed by atoms with Crippen LogP contribution in [0.15, 0.2) is 23.4 Å². The molecule has 0 unspecified atom stereocenters. The van der Waals surface area contributed by atoms with Gasteiger partial charge in [0.2, 0.25) is 0 Å². The largest absolute Gasteiger partial charge is 0.505 e. The van der Waals surface area contributed by atoms with E-state index in [4.69, 9.17) is 4.55 Å². The van der Waals surface area contributed by atoms with Gasteiger partial charge in [0.25, 0.3) is 10.1 Å². The van der Waals surface area contributed by atoms with E-state index in [9.17, 15) is 18.4 Å². The summed E-state index contributed by atoms with van der Waals surface area (Å²) in [4.78, 5) is 12.2. The van der Waals surface area contributed by atoms with Gasteiger partial charge < -0.3 is 10.0 Å². The smallest absolute Gasteiger partial charge is 0.264 e. The lowest BCUT2D eigenvalue weighted by molar-refractivity contribution is 0.475. The minimum Gasteiger partial charge on any atom is -0.505 e. The summed E-state index contributed by atoms with van der Waals surface area (Å²) in [5.41, 5.74) is 0.612. The minimum absolute atomic E-state index is 0.0438. The molecule has 0 radical (unpaired) electrons. The number of hydrogen-bond acceptors (Lipinski definition) is 6. The van der Waals surface area contributed by atoms with Gasteiger partial charge in [-0.05, 0) is 30.7 Å². The van der Waals surface area contributed by atoms with Crippen LogP contribution >= 0.6 is 0 Å². The Bertz CT molecular complexity index is 544. The molecule has 0 aliphatic rings. The van der Waals surface area contributed by atoms with Crippen LogP contribution in [-0.2, 0) is 10.1 Å². The first-order valence-corrected chi connectivity index (χ1v) is 7.34. The Hall–Kier alpha value is -1.67. The van der Waals surface area contributed by atoms with Crippen LogP contribution in [0, 0.1) is 4.91 Å². The average Bonchev–Trinajstić information content (AvgIpc) is 2.33. The number of phenols is 1. The lowest BCUT2D eigenvalue weighted by atomic mass is 10.2. The van der Waals surface area contributed by atoms with Crippen molar-refractivity contribution in [3.8, 4) is 5.75 Å². The minimum atomic E-state index is -3.96. The van der Waals surface area contributed by atoms with E-state index in [0.717, 1.165) is 0 Å². The van der Waals surface area contributed by atoms with E-state index in [1.54, 1.807) is 6.07 Å². The van der Waals surface area contributed by atoms with Crippen LogP contribution in [0.5, 0.6) is 5.75 Å². The summed E-state index contributed by atoms with van der Waals surface area (Å²) >= 11 is 0. The molecule has 0 spiro atoms. The summed E-state index contributed by atoms with van der Waals surface area (Å²) in [7, 11) is -3.96. The van der Waals surface area contributed by atoms with Gasteiger partial charge in [0, 0.05) is 24.8 Å². The van der Waals surface area contributed by atoms with Gasteiger partial charge in [-0.1, -0.05) is 0 Å². The number of nitroso groups, excluding NO2 is 1. The molecule has 0 bridgehead atoms. The maximum absolute atomic E-state index is 10.6. The van der Waals surface area contributed by atoms with Gasteiger partial charge in [0.1, 0.15) is 11.4 Å². The summed E-state index contributed by atoms with van der Waals surface area (Å²) in [6.45, 7) is 2.87. The van der Waals surface area contributed by atoms with Crippen LogP contribution < -0.4 is 4.90 Å². The monoisotopic (exact) mass is 288 g/mol. The highest BCUT2D eigenvalue weighted by Crippen LogP contribution is 2.30. The molecule has 0 aliphatic heterocycles. The van der Waals surface area contributed by atoms with Crippen LogP contribution in [0.4, 0.5) is 11.4 Å². The number of rotatable bonds is 7. The molecule has 0 heterocycles. The topological polar surface area (TPSA) is 107 Å². The molecule has 0 aliphatic carbocycles. The molecular weight excluding hydrogens is 272 g/mol. The second kappa shape index (κ2) is 6.48. The molecule has 1 aromatic carbocycles. The third kappa shape index (κ3) is 4.84. The molecule has 1 aromatic rings. The number of nitrogens with zero attached hydrogens (tertiary/aromatic N) is 2. The molecular formula is C11H16N2O5S. The van der Waals surface area contributed by atoms with E-state index in [-0.39, 0.29) is 23.6 Å². The highest BCUT2D eigenvalue weighted by atomic mass is 32.2. The van der Waals surface area contributed by atoms with Gasteiger partial charge in [-0.25, -0.2) is 0 Å².